The molecule has 3 unspecified atom stereocenters. The summed E-state index contributed by atoms with van der Waals surface area (Å²) >= 11 is 0. The largest absolute Gasteiger partial charge is 0.472 e. The molecule has 0 saturated heterocycles. The lowest BCUT2D eigenvalue weighted by atomic mass is 9.99. The van der Waals surface area contributed by atoms with Crippen molar-refractivity contribution in [1.82, 2.24) is 0 Å². The van der Waals surface area contributed by atoms with E-state index in [1.54, 1.807) is 0 Å². The fourth-order valence-electron chi connectivity index (χ4n) is 11.1. The second kappa shape index (κ2) is 67.4. The number of rotatable bonds is 73. The van der Waals surface area contributed by atoms with Crippen molar-refractivity contribution in [2.24, 2.45) is 11.8 Å². The molecule has 0 fully saturated rings. The van der Waals surface area contributed by atoms with Gasteiger partial charge >= 0.3 is 39.5 Å². The Labute approximate surface area is 580 Å². The number of allylic oxidation sites excluding steroid dienone is 4. The van der Waals surface area contributed by atoms with Crippen molar-refractivity contribution in [3.63, 3.8) is 0 Å². The first-order chi connectivity index (χ1) is 45.9. The molecule has 0 rings (SSSR count). The summed E-state index contributed by atoms with van der Waals surface area (Å²) in [4.78, 5) is 72.8. The lowest BCUT2D eigenvalue weighted by Gasteiger charge is -2.21. The predicted octanol–water partition coefficient (Wildman–Crippen LogP) is 21.9. The normalized spacial score (nSPS) is 14.5. The van der Waals surface area contributed by atoms with Gasteiger partial charge < -0.3 is 33.8 Å². The highest BCUT2D eigenvalue weighted by Crippen LogP contribution is 2.45. The number of ether oxygens (including phenoxy) is 4. The molecule has 560 valence electrons. The van der Waals surface area contributed by atoms with Gasteiger partial charge in [-0.1, -0.05) is 316 Å². The van der Waals surface area contributed by atoms with Crippen LogP contribution >= 0.6 is 15.6 Å². The summed E-state index contributed by atoms with van der Waals surface area (Å²) in [6.07, 6.45) is 57.5. The van der Waals surface area contributed by atoms with Crippen LogP contribution < -0.4 is 0 Å². The molecule has 0 amide bonds. The van der Waals surface area contributed by atoms with Gasteiger partial charge in [-0.15, -0.1) is 0 Å². The van der Waals surface area contributed by atoms with E-state index in [1.807, 2.05) is 0 Å². The zero-order chi connectivity index (χ0) is 70.0. The molecule has 0 aliphatic heterocycles. The average molecular weight is 1390 g/mol. The SMILES string of the molecule is CCCCCC/C=C\C=C/CCCCCCCC(=O)O[C@H](COC(=O)CCCCCCCCCCCCC(C)CC)COP(=O)(O)OC[C@@H](O)COP(=O)(O)OC[C@@H](COC(=O)CCCCCCCCCCCCCCC)OC(=O)CCCCCCCCCCCCC(C)C. The van der Waals surface area contributed by atoms with Crippen molar-refractivity contribution >= 4 is 39.5 Å². The molecule has 17 nitrogen and oxygen atoms in total. The van der Waals surface area contributed by atoms with Crippen LogP contribution in [-0.4, -0.2) is 96.7 Å². The molecule has 6 atom stereocenters. The van der Waals surface area contributed by atoms with Crippen molar-refractivity contribution in [3.8, 4) is 0 Å². The highest BCUT2D eigenvalue weighted by molar-refractivity contribution is 7.47. The van der Waals surface area contributed by atoms with Gasteiger partial charge in [-0.3, -0.25) is 37.3 Å². The number of hydrogen-bond donors (Lipinski definition) is 3. The van der Waals surface area contributed by atoms with Gasteiger partial charge in [-0.2, -0.15) is 0 Å². The second-order valence-electron chi connectivity index (χ2n) is 27.4. The maximum absolute atomic E-state index is 13.1. The lowest BCUT2D eigenvalue weighted by Crippen LogP contribution is -2.30. The van der Waals surface area contributed by atoms with Crippen molar-refractivity contribution in [2.45, 2.75) is 387 Å². The van der Waals surface area contributed by atoms with E-state index in [9.17, 15) is 43.2 Å². The number of unbranched alkanes of at least 4 members (excludes halogenated alkanes) is 39. The number of phosphoric acid groups is 2. The first kappa shape index (κ1) is 92.5. The fourth-order valence-corrected chi connectivity index (χ4v) is 12.7. The highest BCUT2D eigenvalue weighted by atomic mass is 31.2. The Kier molecular flexibility index (Phi) is 65.6. The van der Waals surface area contributed by atoms with Crippen molar-refractivity contribution in [2.75, 3.05) is 39.6 Å². The van der Waals surface area contributed by atoms with Crippen molar-refractivity contribution in [3.05, 3.63) is 24.3 Å². The van der Waals surface area contributed by atoms with E-state index in [2.05, 4.69) is 65.8 Å². The number of carbonyl (C=O) groups excluding carboxylic acids is 4. The Morgan fingerprint density at radius 1 is 0.347 bits per heavy atom. The lowest BCUT2D eigenvalue weighted by molar-refractivity contribution is -0.161. The Bertz CT molecular complexity index is 1930. The molecule has 0 radical (unpaired) electrons. The smallest absolute Gasteiger partial charge is 0.462 e. The topological polar surface area (TPSA) is 237 Å². The molecule has 3 N–H and O–H groups in total. The molecule has 0 aromatic carbocycles. The quantitative estimate of drug-likeness (QED) is 0.0169. The van der Waals surface area contributed by atoms with Crippen LogP contribution in [0.5, 0.6) is 0 Å². The molecular formula is C76H144O17P2. The standard InChI is InChI=1S/C76H144O17P2/c1-7-10-12-14-16-18-20-22-23-25-27-36-42-48-54-60-75(80)92-71(65-87-74(79)59-53-47-41-35-31-29-33-39-45-51-57-69(6)9-3)66-90-94(82,83)88-62-70(77)63-89-95(84,85)91-67-72(93-76(81)61-55-49-43-37-30-28-32-38-44-50-56-68(4)5)64-86-73(78)58-52-46-40-34-26-24-21-19-17-15-13-11-8-2/h18,20,22-23,68-72,77H,7-17,19,21,24-67H2,1-6H3,(H,82,83)(H,84,85)/b20-18-,23-22-/t69?,70-,71-,72-/m1/s1. The van der Waals surface area contributed by atoms with E-state index < -0.39 is 97.5 Å². The van der Waals surface area contributed by atoms with Gasteiger partial charge in [-0.25, -0.2) is 9.13 Å². The molecule has 95 heavy (non-hydrogen) atoms. The van der Waals surface area contributed by atoms with Crippen molar-refractivity contribution in [1.29, 1.82) is 0 Å². The van der Waals surface area contributed by atoms with Crippen LogP contribution in [-0.2, 0) is 65.4 Å². The summed E-state index contributed by atoms with van der Waals surface area (Å²) in [5.74, 6) is -0.588. The van der Waals surface area contributed by atoms with Crippen LogP contribution in [0, 0.1) is 11.8 Å². The van der Waals surface area contributed by atoms with Crippen LogP contribution in [0.3, 0.4) is 0 Å². The summed E-state index contributed by atoms with van der Waals surface area (Å²) in [7, 11) is -9.93. The summed E-state index contributed by atoms with van der Waals surface area (Å²) < 4.78 is 68.5. The predicted molar refractivity (Wildman–Crippen MR) is 386 cm³/mol. The molecule has 0 spiro atoms. The third-order valence-corrected chi connectivity index (χ3v) is 19.3. The van der Waals surface area contributed by atoms with E-state index in [-0.39, 0.29) is 25.7 Å². The van der Waals surface area contributed by atoms with Crippen LogP contribution in [0.25, 0.3) is 0 Å². The van der Waals surface area contributed by atoms with Crippen molar-refractivity contribution < 1.29 is 80.2 Å². The minimum Gasteiger partial charge on any atom is -0.462 e. The van der Waals surface area contributed by atoms with E-state index in [0.29, 0.717) is 25.7 Å². The average Bonchev–Trinajstić information content (AvgIpc) is 3.75. The van der Waals surface area contributed by atoms with E-state index >= 15 is 0 Å². The van der Waals surface area contributed by atoms with Gasteiger partial charge in [0.15, 0.2) is 12.2 Å². The maximum atomic E-state index is 13.1. The monoisotopic (exact) mass is 1390 g/mol. The van der Waals surface area contributed by atoms with E-state index in [1.165, 1.54) is 173 Å². The van der Waals surface area contributed by atoms with E-state index in [0.717, 1.165) is 115 Å². The van der Waals surface area contributed by atoms with Gasteiger partial charge in [0.1, 0.15) is 19.3 Å². The number of aliphatic hydroxyl groups excluding tert-OH is 1. The van der Waals surface area contributed by atoms with Crippen LogP contribution in [0.15, 0.2) is 24.3 Å². The zero-order valence-corrected chi connectivity index (χ0v) is 63.2. The Hall–Kier alpha value is -2.46. The number of aliphatic hydroxyl groups is 1. The fraction of sp³-hybridized carbons (Fsp3) is 0.895. The number of phosphoric ester groups is 2. The maximum Gasteiger partial charge on any atom is 0.472 e. The summed E-state index contributed by atoms with van der Waals surface area (Å²) in [6, 6.07) is 0. The molecular weight excluding hydrogens is 1250 g/mol. The van der Waals surface area contributed by atoms with Gasteiger partial charge in [0.2, 0.25) is 0 Å². The van der Waals surface area contributed by atoms with Gasteiger partial charge in [0.05, 0.1) is 26.4 Å². The van der Waals surface area contributed by atoms with E-state index in [4.69, 9.17) is 37.0 Å². The Morgan fingerprint density at radius 3 is 0.947 bits per heavy atom. The van der Waals surface area contributed by atoms with Gasteiger partial charge in [0, 0.05) is 25.7 Å². The van der Waals surface area contributed by atoms with Crippen LogP contribution in [0.1, 0.15) is 369 Å². The molecule has 19 heteroatoms. The third-order valence-electron chi connectivity index (χ3n) is 17.4. The minimum atomic E-state index is -4.97. The first-order valence-corrected chi connectivity index (χ1v) is 41.8. The zero-order valence-electron chi connectivity index (χ0n) is 61.5. The van der Waals surface area contributed by atoms with Gasteiger partial charge in [-0.05, 0) is 63.2 Å². The third kappa shape index (κ3) is 68.5. The van der Waals surface area contributed by atoms with Crippen LogP contribution in [0.4, 0.5) is 0 Å². The molecule has 0 aromatic rings. The molecule has 0 aliphatic carbocycles. The Morgan fingerprint density at radius 2 is 0.621 bits per heavy atom. The van der Waals surface area contributed by atoms with Gasteiger partial charge in [0.25, 0.3) is 0 Å². The first-order valence-electron chi connectivity index (χ1n) is 38.8. The summed E-state index contributed by atoms with van der Waals surface area (Å²) in [6.45, 7) is 9.55. The Balaban J connectivity index is 5.31. The molecule has 0 heterocycles. The number of esters is 4. The highest BCUT2D eigenvalue weighted by Gasteiger charge is 2.30. The summed E-state index contributed by atoms with van der Waals surface area (Å²) in [5.41, 5.74) is 0. The number of carbonyl (C=O) groups is 4. The minimum absolute atomic E-state index is 0.0849. The molecule has 0 bridgehead atoms. The van der Waals surface area contributed by atoms with Crippen LogP contribution in [0.2, 0.25) is 0 Å². The molecule has 0 aliphatic rings. The molecule has 0 saturated carbocycles. The second-order valence-corrected chi connectivity index (χ2v) is 30.3. The number of hydrogen-bond acceptors (Lipinski definition) is 15. The summed E-state index contributed by atoms with van der Waals surface area (Å²) in [5, 5.41) is 10.6. The molecule has 0 aromatic heterocycles.